The van der Waals surface area contributed by atoms with E-state index in [4.69, 9.17) is 22.1 Å². The molecule has 3 heteroatoms. The van der Waals surface area contributed by atoms with Crippen molar-refractivity contribution in [3.05, 3.63) is 28.8 Å². The second kappa shape index (κ2) is 5.94. The van der Waals surface area contributed by atoms with Crippen LogP contribution in [0.1, 0.15) is 51.1 Å². The number of ether oxygens (including phenoxy) is 1. The van der Waals surface area contributed by atoms with Crippen LogP contribution in [0.5, 0.6) is 5.75 Å². The molecule has 3 unspecified atom stereocenters. The van der Waals surface area contributed by atoms with Gasteiger partial charge in [0.25, 0.3) is 0 Å². The highest BCUT2D eigenvalue weighted by Crippen LogP contribution is 2.33. The number of rotatable bonds is 3. The monoisotopic (exact) mass is 267 g/mol. The third-order valence-corrected chi connectivity index (χ3v) is 4.09. The molecule has 1 aromatic rings. The second-order valence-corrected chi connectivity index (χ2v) is 5.80. The molecule has 0 saturated heterocycles. The molecule has 1 saturated carbocycles. The Morgan fingerprint density at radius 2 is 2.06 bits per heavy atom. The number of hydrogen-bond donors (Lipinski definition) is 1. The number of halogens is 1. The van der Waals surface area contributed by atoms with Crippen molar-refractivity contribution in [1.82, 2.24) is 0 Å². The van der Waals surface area contributed by atoms with Crippen LogP contribution >= 0.6 is 11.6 Å². The summed E-state index contributed by atoms with van der Waals surface area (Å²) in [5, 5.41) is 0.669. The average Bonchev–Trinajstić information content (AvgIpc) is 2.34. The van der Waals surface area contributed by atoms with Crippen LogP contribution in [0, 0.1) is 5.92 Å². The molecule has 18 heavy (non-hydrogen) atoms. The molecule has 0 bridgehead atoms. The summed E-state index contributed by atoms with van der Waals surface area (Å²) in [5.74, 6) is 1.41. The molecular formula is C15H22ClNO. The largest absolute Gasteiger partial charge is 0.489 e. The zero-order valence-electron chi connectivity index (χ0n) is 11.2. The summed E-state index contributed by atoms with van der Waals surface area (Å²) in [6.45, 7) is 4.21. The maximum atomic E-state index is 6.26. The van der Waals surface area contributed by atoms with Gasteiger partial charge in [0.05, 0.1) is 5.02 Å². The molecule has 1 fully saturated rings. The van der Waals surface area contributed by atoms with E-state index in [0.29, 0.717) is 17.0 Å². The highest BCUT2D eigenvalue weighted by molar-refractivity contribution is 6.32. The highest BCUT2D eigenvalue weighted by atomic mass is 35.5. The molecule has 100 valence electrons. The SMILES string of the molecule is CC(N)c1ccc(OC2CCCCC2C)c(Cl)c1. The lowest BCUT2D eigenvalue weighted by atomic mass is 9.88. The van der Waals surface area contributed by atoms with Gasteiger partial charge in [-0.05, 0) is 49.8 Å². The van der Waals surface area contributed by atoms with Gasteiger partial charge in [0.1, 0.15) is 11.9 Å². The van der Waals surface area contributed by atoms with E-state index in [1.807, 2.05) is 25.1 Å². The Hall–Kier alpha value is -0.730. The minimum Gasteiger partial charge on any atom is -0.489 e. The Morgan fingerprint density at radius 3 is 2.67 bits per heavy atom. The quantitative estimate of drug-likeness (QED) is 0.885. The van der Waals surface area contributed by atoms with Crippen molar-refractivity contribution in [2.45, 2.75) is 51.7 Å². The van der Waals surface area contributed by atoms with Gasteiger partial charge in [0.2, 0.25) is 0 Å². The second-order valence-electron chi connectivity index (χ2n) is 5.40. The summed E-state index contributed by atoms with van der Waals surface area (Å²) in [7, 11) is 0. The maximum Gasteiger partial charge on any atom is 0.138 e. The van der Waals surface area contributed by atoms with Crippen molar-refractivity contribution in [2.24, 2.45) is 11.7 Å². The van der Waals surface area contributed by atoms with Crippen LogP contribution in [0.2, 0.25) is 5.02 Å². The molecule has 2 rings (SSSR count). The third-order valence-electron chi connectivity index (χ3n) is 3.79. The molecule has 0 amide bonds. The van der Waals surface area contributed by atoms with E-state index in [1.54, 1.807) is 0 Å². The Bertz CT molecular complexity index is 405. The lowest BCUT2D eigenvalue weighted by Gasteiger charge is -2.29. The van der Waals surface area contributed by atoms with Crippen molar-refractivity contribution in [3.63, 3.8) is 0 Å². The first-order valence-electron chi connectivity index (χ1n) is 6.79. The van der Waals surface area contributed by atoms with Crippen molar-refractivity contribution in [2.75, 3.05) is 0 Å². The lowest BCUT2D eigenvalue weighted by molar-refractivity contribution is 0.103. The molecule has 3 atom stereocenters. The fraction of sp³-hybridized carbons (Fsp3) is 0.600. The van der Waals surface area contributed by atoms with Gasteiger partial charge in [-0.25, -0.2) is 0 Å². The van der Waals surface area contributed by atoms with E-state index in [9.17, 15) is 0 Å². The van der Waals surface area contributed by atoms with Gasteiger partial charge in [-0.2, -0.15) is 0 Å². The first-order valence-corrected chi connectivity index (χ1v) is 7.17. The van der Waals surface area contributed by atoms with Crippen LogP contribution in [0.25, 0.3) is 0 Å². The molecule has 1 aromatic carbocycles. The lowest BCUT2D eigenvalue weighted by Crippen LogP contribution is -2.28. The minimum absolute atomic E-state index is 0.00477. The molecule has 0 aliphatic heterocycles. The van der Waals surface area contributed by atoms with Crippen LogP contribution < -0.4 is 10.5 Å². The summed E-state index contributed by atoms with van der Waals surface area (Å²) in [5.41, 5.74) is 6.88. The van der Waals surface area contributed by atoms with E-state index in [-0.39, 0.29) is 6.04 Å². The van der Waals surface area contributed by atoms with E-state index in [2.05, 4.69) is 6.92 Å². The van der Waals surface area contributed by atoms with Gasteiger partial charge in [0, 0.05) is 6.04 Å². The first-order chi connectivity index (χ1) is 8.58. The summed E-state index contributed by atoms with van der Waals surface area (Å²) >= 11 is 6.26. The molecule has 1 aliphatic carbocycles. The standard InChI is InChI=1S/C15H22ClNO/c1-10-5-3-4-6-14(10)18-15-8-7-12(11(2)17)9-13(15)16/h7-11,14H,3-6,17H2,1-2H3. The van der Waals surface area contributed by atoms with Crippen molar-refractivity contribution < 1.29 is 4.74 Å². The zero-order chi connectivity index (χ0) is 13.1. The predicted octanol–water partition coefficient (Wildman–Crippen LogP) is 4.32. The van der Waals surface area contributed by atoms with Crippen molar-refractivity contribution in [3.8, 4) is 5.75 Å². The number of benzene rings is 1. The van der Waals surface area contributed by atoms with Gasteiger partial charge >= 0.3 is 0 Å². The van der Waals surface area contributed by atoms with Crippen LogP contribution in [-0.2, 0) is 0 Å². The van der Waals surface area contributed by atoms with E-state index >= 15 is 0 Å². The fourth-order valence-corrected chi connectivity index (χ4v) is 2.75. The van der Waals surface area contributed by atoms with Crippen LogP contribution in [0.15, 0.2) is 18.2 Å². The molecular weight excluding hydrogens is 246 g/mol. The summed E-state index contributed by atoms with van der Waals surface area (Å²) in [6, 6.07) is 5.86. The Morgan fingerprint density at radius 1 is 1.33 bits per heavy atom. The van der Waals surface area contributed by atoms with Crippen molar-refractivity contribution >= 4 is 11.6 Å². The van der Waals surface area contributed by atoms with E-state index in [1.165, 1.54) is 19.3 Å². The third kappa shape index (κ3) is 3.18. The summed E-state index contributed by atoms with van der Waals surface area (Å²) in [6.07, 6.45) is 5.26. The highest BCUT2D eigenvalue weighted by Gasteiger charge is 2.23. The van der Waals surface area contributed by atoms with Gasteiger partial charge in [0.15, 0.2) is 0 Å². The number of nitrogens with two attached hydrogens (primary N) is 1. The normalized spacial score (nSPS) is 25.8. The van der Waals surface area contributed by atoms with Crippen molar-refractivity contribution in [1.29, 1.82) is 0 Å². The Kier molecular flexibility index (Phi) is 4.52. The molecule has 0 heterocycles. The van der Waals surface area contributed by atoms with Gasteiger partial charge < -0.3 is 10.5 Å². The molecule has 0 aromatic heterocycles. The van der Waals surface area contributed by atoms with Gasteiger partial charge in [-0.3, -0.25) is 0 Å². The Labute approximate surface area is 114 Å². The van der Waals surface area contributed by atoms with Gasteiger partial charge in [-0.15, -0.1) is 0 Å². The van der Waals surface area contributed by atoms with Crippen LogP contribution in [0.4, 0.5) is 0 Å². The smallest absolute Gasteiger partial charge is 0.138 e. The summed E-state index contributed by atoms with van der Waals surface area (Å²) in [4.78, 5) is 0. The zero-order valence-corrected chi connectivity index (χ0v) is 11.9. The predicted molar refractivity (Wildman–Crippen MR) is 76.1 cm³/mol. The fourth-order valence-electron chi connectivity index (χ4n) is 2.52. The summed E-state index contributed by atoms with van der Waals surface area (Å²) < 4.78 is 6.06. The minimum atomic E-state index is 0.00477. The number of hydrogen-bond acceptors (Lipinski definition) is 2. The maximum absolute atomic E-state index is 6.26. The molecule has 0 radical (unpaired) electrons. The van der Waals surface area contributed by atoms with E-state index in [0.717, 1.165) is 17.7 Å². The van der Waals surface area contributed by atoms with Gasteiger partial charge in [-0.1, -0.05) is 31.0 Å². The molecule has 1 aliphatic rings. The van der Waals surface area contributed by atoms with E-state index < -0.39 is 0 Å². The topological polar surface area (TPSA) is 35.2 Å². The molecule has 0 spiro atoms. The Balaban J connectivity index is 2.09. The molecule has 2 N–H and O–H groups in total. The van der Waals surface area contributed by atoms with Crippen LogP contribution in [0.3, 0.4) is 0 Å². The average molecular weight is 268 g/mol. The van der Waals surface area contributed by atoms with Crippen LogP contribution in [-0.4, -0.2) is 6.10 Å². The molecule has 2 nitrogen and oxygen atoms in total. The first kappa shape index (κ1) is 13.7.